The maximum Gasteiger partial charge on any atom is 0.194 e. The van der Waals surface area contributed by atoms with Gasteiger partial charge in [-0.1, -0.05) is 63.6 Å². The number of ketones is 1. The number of carbonyl (C=O) groups is 1. The summed E-state index contributed by atoms with van der Waals surface area (Å²) < 4.78 is 6.31. The summed E-state index contributed by atoms with van der Waals surface area (Å²) in [7, 11) is 0. The van der Waals surface area contributed by atoms with Crippen LogP contribution in [-0.4, -0.2) is 22.1 Å². The second-order valence-electron chi connectivity index (χ2n) is 7.40. The highest BCUT2D eigenvalue weighted by Gasteiger charge is 2.47. The summed E-state index contributed by atoms with van der Waals surface area (Å²) in [5.74, 6) is 1.33. The first-order valence-corrected chi connectivity index (χ1v) is 9.44. The minimum atomic E-state index is -0.364. The Morgan fingerprint density at radius 2 is 2.00 bits per heavy atom. The molecule has 3 heteroatoms. The number of rotatable bonds is 3. The monoisotopic (exact) mass is 330 g/mol. The number of ether oxygens (including phenoxy) is 1. The second kappa shape index (κ2) is 6.82. The summed E-state index contributed by atoms with van der Waals surface area (Å²) in [4.78, 5) is 12.6. The van der Waals surface area contributed by atoms with Crippen LogP contribution in [0.1, 0.15) is 45.6 Å². The molecule has 0 N–H and O–H groups in total. The molecule has 0 bridgehead atoms. The van der Waals surface area contributed by atoms with Crippen molar-refractivity contribution in [3.8, 4) is 0 Å². The highest BCUT2D eigenvalue weighted by atomic mass is 32.2. The highest BCUT2D eigenvalue weighted by molar-refractivity contribution is 8.01. The smallest absolute Gasteiger partial charge is 0.194 e. The lowest BCUT2D eigenvalue weighted by molar-refractivity contribution is -0.129. The first-order valence-electron chi connectivity index (χ1n) is 8.56. The lowest BCUT2D eigenvalue weighted by atomic mass is 9.75. The Kier molecular flexibility index (Phi) is 4.98. The summed E-state index contributed by atoms with van der Waals surface area (Å²) in [6.07, 6.45) is 7.37. The van der Waals surface area contributed by atoms with Gasteiger partial charge in [0.2, 0.25) is 0 Å². The Morgan fingerprint density at radius 1 is 1.26 bits per heavy atom. The fraction of sp³-hybridized carbons (Fsp3) is 0.550. The molecule has 2 nitrogen and oxygen atoms in total. The van der Waals surface area contributed by atoms with Gasteiger partial charge in [-0.2, -0.15) is 0 Å². The Hall–Kier alpha value is -1.06. The van der Waals surface area contributed by atoms with Crippen LogP contribution in [0.2, 0.25) is 0 Å². The van der Waals surface area contributed by atoms with E-state index < -0.39 is 0 Å². The van der Waals surface area contributed by atoms with Crippen molar-refractivity contribution in [3.05, 3.63) is 42.0 Å². The first kappa shape index (κ1) is 16.8. The molecule has 3 rings (SSSR count). The molecule has 1 saturated heterocycles. The van der Waals surface area contributed by atoms with E-state index in [-0.39, 0.29) is 22.1 Å². The van der Waals surface area contributed by atoms with Crippen molar-refractivity contribution in [3.63, 3.8) is 0 Å². The average molecular weight is 330 g/mol. The maximum absolute atomic E-state index is 12.6. The van der Waals surface area contributed by atoms with Crippen LogP contribution in [0.3, 0.4) is 0 Å². The molecule has 124 valence electrons. The van der Waals surface area contributed by atoms with Crippen molar-refractivity contribution >= 4 is 23.6 Å². The molecule has 1 aliphatic carbocycles. The van der Waals surface area contributed by atoms with E-state index in [1.807, 2.05) is 36.4 Å². The van der Waals surface area contributed by atoms with Crippen LogP contribution in [0, 0.1) is 11.8 Å². The standard InChI is InChI=1S/C20H26O2S/c1-14-9-11-16-18(13-14)22-19(23-20(16,2)3)17(21)12-10-15-7-5-4-6-8-15/h4-8,10,12,14,16,18-19H,9,11,13H2,1-3H3/b12-10+. The number of carbonyl (C=O) groups excluding carboxylic acids is 1. The van der Waals surface area contributed by atoms with Crippen molar-refractivity contribution in [2.45, 2.75) is 56.3 Å². The van der Waals surface area contributed by atoms with Crippen LogP contribution in [0.5, 0.6) is 0 Å². The van der Waals surface area contributed by atoms with Crippen LogP contribution in [0.25, 0.3) is 6.08 Å². The molecule has 0 amide bonds. The maximum atomic E-state index is 12.6. The number of fused-ring (bicyclic) bond motifs is 1. The number of hydrogen-bond acceptors (Lipinski definition) is 3. The third-order valence-corrected chi connectivity index (χ3v) is 6.60. The van der Waals surface area contributed by atoms with Gasteiger partial charge in [-0.3, -0.25) is 4.79 Å². The second-order valence-corrected chi connectivity index (χ2v) is 9.11. The molecular formula is C20H26O2S. The molecule has 1 aliphatic heterocycles. The van der Waals surface area contributed by atoms with E-state index in [9.17, 15) is 4.79 Å². The lowest BCUT2D eigenvalue weighted by Crippen LogP contribution is -2.50. The van der Waals surface area contributed by atoms with Crippen molar-refractivity contribution < 1.29 is 9.53 Å². The molecular weight excluding hydrogens is 304 g/mol. The van der Waals surface area contributed by atoms with Gasteiger partial charge in [0.15, 0.2) is 11.2 Å². The first-order chi connectivity index (χ1) is 11.0. The van der Waals surface area contributed by atoms with Crippen molar-refractivity contribution in [1.29, 1.82) is 0 Å². The van der Waals surface area contributed by atoms with Gasteiger partial charge in [-0.05, 0) is 36.3 Å². The van der Waals surface area contributed by atoms with E-state index >= 15 is 0 Å². The van der Waals surface area contributed by atoms with Gasteiger partial charge < -0.3 is 4.74 Å². The Morgan fingerprint density at radius 3 is 2.74 bits per heavy atom. The summed E-state index contributed by atoms with van der Waals surface area (Å²) in [5, 5.41) is 0. The van der Waals surface area contributed by atoms with Crippen LogP contribution in [0.15, 0.2) is 36.4 Å². The van der Waals surface area contributed by atoms with Gasteiger partial charge in [-0.15, -0.1) is 11.8 Å². The van der Waals surface area contributed by atoms with Crippen LogP contribution in [-0.2, 0) is 9.53 Å². The predicted octanol–water partition coefficient (Wildman–Crippen LogP) is 4.94. The normalized spacial score (nSPS) is 33.3. The van der Waals surface area contributed by atoms with E-state index in [1.54, 1.807) is 17.8 Å². The van der Waals surface area contributed by atoms with Gasteiger partial charge in [0.1, 0.15) is 0 Å². The van der Waals surface area contributed by atoms with Crippen LogP contribution in [0.4, 0.5) is 0 Å². The zero-order valence-electron chi connectivity index (χ0n) is 14.2. The van der Waals surface area contributed by atoms with E-state index in [0.29, 0.717) is 11.8 Å². The Labute approximate surface area is 143 Å². The minimum Gasteiger partial charge on any atom is -0.356 e. The van der Waals surface area contributed by atoms with Crippen LogP contribution < -0.4 is 0 Å². The number of thioether (sulfide) groups is 1. The van der Waals surface area contributed by atoms with Crippen LogP contribution >= 0.6 is 11.8 Å². The molecule has 1 heterocycles. The zero-order chi connectivity index (χ0) is 16.4. The molecule has 1 aromatic carbocycles. The molecule has 2 aliphatic rings. The van der Waals surface area contributed by atoms with Crippen molar-refractivity contribution in [2.24, 2.45) is 11.8 Å². The average Bonchev–Trinajstić information content (AvgIpc) is 2.52. The molecule has 2 fully saturated rings. The van der Waals surface area contributed by atoms with Gasteiger partial charge >= 0.3 is 0 Å². The van der Waals surface area contributed by atoms with E-state index in [2.05, 4.69) is 20.8 Å². The van der Waals surface area contributed by atoms with E-state index in [1.165, 1.54) is 12.8 Å². The molecule has 4 atom stereocenters. The fourth-order valence-corrected chi connectivity index (χ4v) is 5.16. The van der Waals surface area contributed by atoms with Gasteiger partial charge in [-0.25, -0.2) is 0 Å². The SMILES string of the molecule is CC1CCC2C(C1)OC(C(=O)/C=C/c1ccccc1)SC2(C)C. The predicted molar refractivity (Wildman–Crippen MR) is 97.3 cm³/mol. The third-order valence-electron chi connectivity index (χ3n) is 5.13. The highest BCUT2D eigenvalue weighted by Crippen LogP contribution is 2.50. The number of benzene rings is 1. The molecule has 1 saturated carbocycles. The summed E-state index contributed by atoms with van der Waals surface area (Å²) in [6, 6.07) is 9.94. The molecule has 4 unspecified atom stereocenters. The molecule has 0 radical (unpaired) electrons. The third kappa shape index (κ3) is 3.89. The fourth-order valence-electron chi connectivity index (χ4n) is 3.77. The Balaban J connectivity index is 1.70. The Bertz CT molecular complexity index is 579. The minimum absolute atomic E-state index is 0.0728. The molecule has 0 aromatic heterocycles. The van der Waals surface area contributed by atoms with Gasteiger partial charge in [0, 0.05) is 4.75 Å². The summed E-state index contributed by atoms with van der Waals surface area (Å²) in [6.45, 7) is 6.84. The van der Waals surface area contributed by atoms with Gasteiger partial charge in [0.25, 0.3) is 0 Å². The zero-order valence-corrected chi connectivity index (χ0v) is 15.0. The van der Waals surface area contributed by atoms with Crippen molar-refractivity contribution in [2.75, 3.05) is 0 Å². The molecule has 23 heavy (non-hydrogen) atoms. The molecule has 1 aromatic rings. The topological polar surface area (TPSA) is 26.3 Å². The number of hydrogen-bond donors (Lipinski definition) is 0. The van der Waals surface area contributed by atoms with E-state index in [0.717, 1.165) is 12.0 Å². The summed E-state index contributed by atoms with van der Waals surface area (Å²) >= 11 is 1.70. The molecule has 0 spiro atoms. The van der Waals surface area contributed by atoms with Gasteiger partial charge in [0.05, 0.1) is 6.10 Å². The van der Waals surface area contributed by atoms with E-state index in [4.69, 9.17) is 4.74 Å². The quantitative estimate of drug-likeness (QED) is 0.734. The summed E-state index contributed by atoms with van der Waals surface area (Å²) in [5.41, 5.74) is 0.682. The lowest BCUT2D eigenvalue weighted by Gasteiger charge is -2.49. The largest absolute Gasteiger partial charge is 0.356 e. The van der Waals surface area contributed by atoms with Crippen molar-refractivity contribution in [1.82, 2.24) is 0 Å².